The van der Waals surface area contributed by atoms with Gasteiger partial charge in [0.25, 0.3) is 0 Å². The van der Waals surface area contributed by atoms with Crippen molar-refractivity contribution in [3.63, 3.8) is 0 Å². The van der Waals surface area contributed by atoms with Crippen molar-refractivity contribution in [1.29, 1.82) is 0 Å². The van der Waals surface area contributed by atoms with E-state index in [1.807, 2.05) is 11.3 Å². The van der Waals surface area contributed by atoms with Gasteiger partial charge in [0.05, 0.1) is 0 Å². The van der Waals surface area contributed by atoms with Crippen LogP contribution < -0.4 is 5.32 Å². The zero-order chi connectivity index (χ0) is 12.3. The first-order chi connectivity index (χ1) is 8.20. The Morgan fingerprint density at radius 2 is 2.18 bits per heavy atom. The van der Waals surface area contributed by atoms with Crippen molar-refractivity contribution >= 4 is 11.3 Å². The maximum Gasteiger partial charge on any atom is 0.0333 e. The van der Waals surface area contributed by atoms with Crippen molar-refractivity contribution in [1.82, 2.24) is 5.32 Å². The molecular weight excluding hydrogens is 226 g/mol. The average Bonchev–Trinajstić information content (AvgIpc) is 2.56. The van der Waals surface area contributed by atoms with Gasteiger partial charge in [-0.2, -0.15) is 0 Å². The number of hydrogen-bond acceptors (Lipinski definition) is 2. The summed E-state index contributed by atoms with van der Waals surface area (Å²) in [7, 11) is 0. The molecule has 1 fully saturated rings. The molecule has 1 atom stereocenters. The third kappa shape index (κ3) is 3.32. The SMILES string of the molecule is CCCNC(CC1CCC1)c1cc(C)sc1C. The highest BCUT2D eigenvalue weighted by molar-refractivity contribution is 7.12. The van der Waals surface area contributed by atoms with Crippen LogP contribution in [0.3, 0.4) is 0 Å². The van der Waals surface area contributed by atoms with Gasteiger partial charge in [-0.25, -0.2) is 0 Å². The molecule has 1 aliphatic carbocycles. The summed E-state index contributed by atoms with van der Waals surface area (Å²) in [6, 6.07) is 3.00. The van der Waals surface area contributed by atoms with Crippen molar-refractivity contribution in [3.05, 3.63) is 21.4 Å². The van der Waals surface area contributed by atoms with Crippen LogP contribution in [0.4, 0.5) is 0 Å². The minimum atomic E-state index is 0.602. The molecule has 0 bridgehead atoms. The summed E-state index contributed by atoms with van der Waals surface area (Å²) in [5.41, 5.74) is 1.56. The molecule has 0 spiro atoms. The van der Waals surface area contributed by atoms with Crippen LogP contribution in [0.1, 0.15) is 60.4 Å². The van der Waals surface area contributed by atoms with Gasteiger partial charge in [0, 0.05) is 15.8 Å². The molecular formula is C15H25NS. The highest BCUT2D eigenvalue weighted by atomic mass is 32.1. The van der Waals surface area contributed by atoms with E-state index in [0.29, 0.717) is 6.04 Å². The van der Waals surface area contributed by atoms with Crippen LogP contribution in [0, 0.1) is 19.8 Å². The molecule has 96 valence electrons. The number of aryl methyl sites for hydroxylation is 2. The van der Waals surface area contributed by atoms with E-state index in [0.717, 1.165) is 12.5 Å². The van der Waals surface area contributed by atoms with Crippen LogP contribution in [0.15, 0.2) is 6.07 Å². The van der Waals surface area contributed by atoms with Gasteiger partial charge < -0.3 is 5.32 Å². The summed E-state index contributed by atoms with van der Waals surface area (Å²) in [5.74, 6) is 0.976. The Hall–Kier alpha value is -0.340. The van der Waals surface area contributed by atoms with E-state index in [1.165, 1.54) is 41.9 Å². The Morgan fingerprint density at radius 1 is 1.41 bits per heavy atom. The zero-order valence-electron chi connectivity index (χ0n) is 11.4. The first-order valence-electron chi connectivity index (χ1n) is 7.01. The second-order valence-corrected chi connectivity index (χ2v) is 6.87. The van der Waals surface area contributed by atoms with Crippen molar-refractivity contribution in [2.24, 2.45) is 5.92 Å². The minimum absolute atomic E-state index is 0.602. The van der Waals surface area contributed by atoms with Crippen molar-refractivity contribution < 1.29 is 0 Å². The van der Waals surface area contributed by atoms with E-state index in [-0.39, 0.29) is 0 Å². The molecule has 2 heteroatoms. The van der Waals surface area contributed by atoms with E-state index in [4.69, 9.17) is 0 Å². The van der Waals surface area contributed by atoms with Crippen LogP contribution in [-0.2, 0) is 0 Å². The van der Waals surface area contributed by atoms with Crippen molar-refractivity contribution in [2.45, 2.75) is 58.9 Å². The normalized spacial score (nSPS) is 18.1. The molecule has 1 aliphatic rings. The molecule has 1 heterocycles. The molecule has 1 aromatic heterocycles. The second kappa shape index (κ2) is 6.01. The third-order valence-electron chi connectivity index (χ3n) is 3.89. The number of thiophene rings is 1. The highest BCUT2D eigenvalue weighted by Gasteiger charge is 2.24. The largest absolute Gasteiger partial charge is 0.310 e. The van der Waals surface area contributed by atoms with Gasteiger partial charge in [0.1, 0.15) is 0 Å². The summed E-state index contributed by atoms with van der Waals surface area (Å²) >= 11 is 1.94. The quantitative estimate of drug-likeness (QED) is 0.779. The van der Waals surface area contributed by atoms with Crippen LogP contribution in [0.2, 0.25) is 0 Å². The topological polar surface area (TPSA) is 12.0 Å². The lowest BCUT2D eigenvalue weighted by Gasteiger charge is -2.30. The fourth-order valence-corrected chi connectivity index (χ4v) is 3.68. The first kappa shape index (κ1) is 13.1. The molecule has 1 nitrogen and oxygen atoms in total. The van der Waals surface area contributed by atoms with E-state index in [2.05, 4.69) is 32.2 Å². The smallest absolute Gasteiger partial charge is 0.0333 e. The van der Waals surface area contributed by atoms with Crippen LogP contribution >= 0.6 is 11.3 Å². The summed E-state index contributed by atoms with van der Waals surface area (Å²) in [6.45, 7) is 7.89. The Morgan fingerprint density at radius 3 is 2.65 bits per heavy atom. The van der Waals surface area contributed by atoms with Gasteiger partial charge in [-0.3, -0.25) is 0 Å². The van der Waals surface area contributed by atoms with Gasteiger partial charge in [-0.1, -0.05) is 26.2 Å². The molecule has 0 aliphatic heterocycles. The lowest BCUT2D eigenvalue weighted by Crippen LogP contribution is -2.26. The van der Waals surface area contributed by atoms with Crippen LogP contribution in [-0.4, -0.2) is 6.54 Å². The van der Waals surface area contributed by atoms with Crippen molar-refractivity contribution in [2.75, 3.05) is 6.54 Å². The lowest BCUT2D eigenvalue weighted by molar-refractivity contribution is 0.261. The number of nitrogens with one attached hydrogen (secondary N) is 1. The maximum absolute atomic E-state index is 3.75. The molecule has 1 N–H and O–H groups in total. The number of hydrogen-bond donors (Lipinski definition) is 1. The predicted octanol–water partition coefficient (Wildman–Crippen LogP) is 4.60. The Labute approximate surface area is 110 Å². The molecule has 0 radical (unpaired) electrons. The van der Waals surface area contributed by atoms with Crippen LogP contribution in [0.5, 0.6) is 0 Å². The van der Waals surface area contributed by atoms with Crippen molar-refractivity contribution in [3.8, 4) is 0 Å². The highest BCUT2D eigenvalue weighted by Crippen LogP contribution is 2.37. The molecule has 0 aromatic carbocycles. The fourth-order valence-electron chi connectivity index (χ4n) is 2.70. The molecule has 1 aromatic rings. The predicted molar refractivity (Wildman–Crippen MR) is 76.8 cm³/mol. The monoisotopic (exact) mass is 251 g/mol. The van der Waals surface area contributed by atoms with Gasteiger partial charge in [0.15, 0.2) is 0 Å². The third-order valence-corrected chi connectivity index (χ3v) is 4.87. The average molecular weight is 251 g/mol. The van der Waals surface area contributed by atoms with E-state index < -0.39 is 0 Å². The molecule has 17 heavy (non-hydrogen) atoms. The standard InChI is InChI=1S/C15H25NS/c1-4-8-16-15(10-13-6-5-7-13)14-9-11(2)17-12(14)3/h9,13,15-16H,4-8,10H2,1-3H3. The minimum Gasteiger partial charge on any atom is -0.310 e. The van der Waals surface area contributed by atoms with Gasteiger partial charge in [-0.05, 0) is 50.8 Å². The summed E-state index contributed by atoms with van der Waals surface area (Å²) in [5, 5.41) is 3.75. The Kier molecular flexibility index (Phi) is 4.63. The Bertz CT molecular complexity index is 352. The van der Waals surface area contributed by atoms with Gasteiger partial charge in [0.2, 0.25) is 0 Å². The molecule has 2 rings (SSSR count). The van der Waals surface area contributed by atoms with Gasteiger partial charge in [-0.15, -0.1) is 11.3 Å². The van der Waals surface area contributed by atoms with E-state index in [1.54, 1.807) is 5.56 Å². The molecule has 1 saturated carbocycles. The lowest BCUT2D eigenvalue weighted by atomic mass is 9.79. The van der Waals surface area contributed by atoms with Crippen LogP contribution in [0.25, 0.3) is 0 Å². The zero-order valence-corrected chi connectivity index (χ0v) is 12.2. The number of rotatable bonds is 6. The first-order valence-corrected chi connectivity index (χ1v) is 7.82. The molecule has 0 amide bonds. The summed E-state index contributed by atoms with van der Waals surface area (Å²) < 4.78 is 0. The summed E-state index contributed by atoms with van der Waals surface area (Å²) in [4.78, 5) is 2.96. The molecule has 1 unspecified atom stereocenters. The second-order valence-electron chi connectivity index (χ2n) is 5.41. The Balaban J connectivity index is 2.04. The van der Waals surface area contributed by atoms with E-state index in [9.17, 15) is 0 Å². The maximum atomic E-state index is 3.75. The van der Waals surface area contributed by atoms with Gasteiger partial charge >= 0.3 is 0 Å². The fraction of sp³-hybridized carbons (Fsp3) is 0.733. The van der Waals surface area contributed by atoms with E-state index >= 15 is 0 Å². The molecule has 0 saturated heterocycles. The summed E-state index contributed by atoms with van der Waals surface area (Å²) in [6.07, 6.45) is 6.92.